The summed E-state index contributed by atoms with van der Waals surface area (Å²) in [6.45, 7) is 0. The Morgan fingerprint density at radius 1 is 1.24 bits per heavy atom. The van der Waals surface area contributed by atoms with Crippen LogP contribution >= 0.6 is 11.8 Å². The summed E-state index contributed by atoms with van der Waals surface area (Å²) >= 11 is 1.19. The molecule has 21 heavy (non-hydrogen) atoms. The molecule has 3 rings (SSSR count). The van der Waals surface area contributed by atoms with Crippen molar-refractivity contribution in [1.82, 2.24) is 29.9 Å². The Balaban J connectivity index is 1.88. The van der Waals surface area contributed by atoms with Crippen molar-refractivity contribution in [3.8, 4) is 0 Å². The lowest BCUT2D eigenvalue weighted by Gasteiger charge is -2.40. The first-order valence-electron chi connectivity index (χ1n) is 6.11. The molecule has 3 amide bonds. The van der Waals surface area contributed by atoms with Gasteiger partial charge in [-0.3, -0.25) is 9.69 Å². The Labute approximate surface area is 124 Å². The van der Waals surface area contributed by atoms with E-state index in [0.29, 0.717) is 10.3 Å². The van der Waals surface area contributed by atoms with E-state index >= 15 is 0 Å². The molecule has 1 aromatic heterocycles. The van der Waals surface area contributed by atoms with E-state index in [4.69, 9.17) is 5.73 Å². The number of H-pyrrole nitrogens is 1. The van der Waals surface area contributed by atoms with Crippen molar-refractivity contribution in [3.05, 3.63) is 0 Å². The fraction of sp³-hybridized carbons (Fsp3) is 0.500. The van der Waals surface area contributed by atoms with Gasteiger partial charge in [-0.1, -0.05) is 0 Å². The number of amidine groups is 1. The first-order valence-corrected chi connectivity index (χ1v) is 6.92. The third-order valence-electron chi connectivity index (χ3n) is 3.46. The summed E-state index contributed by atoms with van der Waals surface area (Å²) < 4.78 is 0. The minimum Gasteiger partial charge on any atom is -0.368 e. The van der Waals surface area contributed by atoms with Crippen LogP contribution in [0.1, 0.15) is 0 Å². The molecule has 11 heteroatoms. The van der Waals surface area contributed by atoms with E-state index in [1.807, 2.05) is 0 Å². The molecule has 0 aliphatic carbocycles. The third-order valence-corrected chi connectivity index (χ3v) is 4.41. The van der Waals surface area contributed by atoms with Crippen LogP contribution < -0.4 is 5.73 Å². The number of anilines is 1. The van der Waals surface area contributed by atoms with E-state index in [1.165, 1.54) is 23.7 Å². The average Bonchev–Trinajstić information content (AvgIpc) is 2.99. The van der Waals surface area contributed by atoms with Gasteiger partial charge in [0.25, 0.3) is 5.91 Å². The van der Waals surface area contributed by atoms with Gasteiger partial charge in [-0.2, -0.15) is 4.98 Å². The molecule has 0 bridgehead atoms. The molecule has 0 radical (unpaired) electrons. The van der Waals surface area contributed by atoms with Gasteiger partial charge in [0.1, 0.15) is 6.17 Å². The molecule has 2 atom stereocenters. The number of nitrogens with two attached hydrogens (primary N) is 1. The van der Waals surface area contributed by atoms with Gasteiger partial charge in [0.15, 0.2) is 11.2 Å². The number of aromatic amines is 1. The van der Waals surface area contributed by atoms with E-state index in [1.54, 1.807) is 19.0 Å². The van der Waals surface area contributed by atoms with Gasteiger partial charge in [-0.15, -0.1) is 5.10 Å². The van der Waals surface area contributed by atoms with E-state index in [9.17, 15) is 9.59 Å². The number of hydrogen-bond acceptors (Lipinski definition) is 8. The number of urea groups is 1. The largest absolute Gasteiger partial charge is 0.368 e. The lowest BCUT2D eigenvalue weighted by Crippen LogP contribution is -2.63. The average molecular weight is 310 g/mol. The number of aromatic nitrogens is 3. The van der Waals surface area contributed by atoms with Crippen LogP contribution in [0.3, 0.4) is 0 Å². The van der Waals surface area contributed by atoms with Crippen LogP contribution in [0.4, 0.5) is 10.7 Å². The second-order valence-electron chi connectivity index (χ2n) is 4.78. The number of nitrogens with zero attached hydrogens (tertiary/aromatic N) is 6. The van der Waals surface area contributed by atoms with Crippen LogP contribution in [0.15, 0.2) is 10.1 Å². The molecule has 0 saturated carbocycles. The van der Waals surface area contributed by atoms with Crippen LogP contribution in [0.5, 0.6) is 0 Å². The van der Waals surface area contributed by atoms with Crippen molar-refractivity contribution in [1.29, 1.82) is 0 Å². The highest BCUT2D eigenvalue weighted by molar-refractivity contribution is 8.13. The van der Waals surface area contributed by atoms with Crippen molar-refractivity contribution < 1.29 is 9.59 Å². The maximum Gasteiger partial charge on any atom is 0.327 e. The van der Waals surface area contributed by atoms with Gasteiger partial charge in [-0.25, -0.2) is 14.9 Å². The van der Waals surface area contributed by atoms with Crippen LogP contribution in [0.2, 0.25) is 0 Å². The van der Waals surface area contributed by atoms with E-state index in [0.717, 1.165) is 4.90 Å². The molecule has 10 nitrogen and oxygen atoms in total. The first kappa shape index (κ1) is 13.7. The maximum atomic E-state index is 12.2. The zero-order valence-electron chi connectivity index (χ0n) is 11.6. The van der Waals surface area contributed by atoms with Gasteiger partial charge in [0.05, 0.1) is 0 Å². The summed E-state index contributed by atoms with van der Waals surface area (Å²) in [5.74, 6) is -0.112. The van der Waals surface area contributed by atoms with Crippen LogP contribution in [0, 0.1) is 0 Å². The number of carbonyl (C=O) groups excluding carboxylic acids is 2. The standard InChI is InChI=1S/C10H14N8O2S/c1-16-5-4(6(19)18(3)10(20)17(5)2)12-9(16)21-8-13-7(11)14-15-8/h4-5H,1-3H3,(H3,11,13,14,15)/t4-,5-/m0/s1. The van der Waals surface area contributed by atoms with E-state index < -0.39 is 12.2 Å². The van der Waals surface area contributed by atoms with E-state index in [-0.39, 0.29) is 17.9 Å². The maximum absolute atomic E-state index is 12.2. The summed E-state index contributed by atoms with van der Waals surface area (Å²) in [6.07, 6.45) is -0.431. The number of aliphatic imine (C=N–C) groups is 1. The lowest BCUT2D eigenvalue weighted by molar-refractivity contribution is -0.133. The summed E-state index contributed by atoms with van der Waals surface area (Å²) in [4.78, 5) is 36.9. The van der Waals surface area contributed by atoms with E-state index in [2.05, 4.69) is 20.2 Å². The Morgan fingerprint density at radius 2 is 1.95 bits per heavy atom. The molecule has 112 valence electrons. The molecule has 0 unspecified atom stereocenters. The van der Waals surface area contributed by atoms with Crippen molar-refractivity contribution in [2.45, 2.75) is 17.4 Å². The number of amides is 3. The Kier molecular flexibility index (Phi) is 3.01. The first-order chi connectivity index (χ1) is 9.90. The van der Waals surface area contributed by atoms with Crippen molar-refractivity contribution in [2.75, 3.05) is 26.9 Å². The summed E-state index contributed by atoms with van der Waals surface area (Å²) in [5.41, 5.74) is 5.48. The lowest BCUT2D eigenvalue weighted by atomic mass is 10.1. The molecule has 1 aromatic rings. The molecule has 1 fully saturated rings. The molecule has 1 saturated heterocycles. The fourth-order valence-electron chi connectivity index (χ4n) is 2.38. The highest BCUT2D eigenvalue weighted by Crippen LogP contribution is 2.31. The SMILES string of the molecule is CN1C(=O)[C@H]2N=C(Sc3n[nH]c(N)n3)N(C)[C@H]2N(C)C1=O. The summed E-state index contributed by atoms with van der Waals surface area (Å²) in [6, 6.07) is -0.988. The smallest absolute Gasteiger partial charge is 0.327 e. The van der Waals surface area contributed by atoms with Crippen LogP contribution in [-0.4, -0.2) is 80.3 Å². The highest BCUT2D eigenvalue weighted by atomic mass is 32.2. The van der Waals surface area contributed by atoms with Gasteiger partial charge in [0, 0.05) is 21.1 Å². The molecular weight excluding hydrogens is 296 g/mol. The van der Waals surface area contributed by atoms with Gasteiger partial charge in [0.2, 0.25) is 11.1 Å². The second-order valence-corrected chi connectivity index (χ2v) is 5.71. The predicted octanol–water partition coefficient (Wildman–Crippen LogP) is -1.00. The van der Waals surface area contributed by atoms with Crippen LogP contribution in [0.25, 0.3) is 0 Å². The monoisotopic (exact) mass is 310 g/mol. The predicted molar refractivity (Wildman–Crippen MR) is 75.4 cm³/mol. The quantitative estimate of drug-likeness (QED) is 0.681. The number of carbonyl (C=O) groups is 2. The number of likely N-dealkylation sites (N-methyl/N-ethyl adjacent to an activating group) is 3. The number of rotatable bonds is 1. The number of nitrogen functional groups attached to an aromatic ring is 1. The van der Waals surface area contributed by atoms with Crippen molar-refractivity contribution in [3.63, 3.8) is 0 Å². The second kappa shape index (κ2) is 4.62. The number of imide groups is 1. The molecule has 2 aliphatic heterocycles. The Bertz CT molecular complexity index is 643. The molecule has 0 spiro atoms. The molecule has 0 aromatic carbocycles. The number of thioether (sulfide) groups is 1. The number of fused-ring (bicyclic) bond motifs is 1. The highest BCUT2D eigenvalue weighted by Gasteiger charge is 2.49. The Morgan fingerprint density at radius 3 is 2.57 bits per heavy atom. The molecule has 2 aliphatic rings. The number of nitrogens with one attached hydrogen (secondary N) is 1. The Hall–Kier alpha value is -2.30. The number of hydrogen-bond donors (Lipinski definition) is 2. The van der Waals surface area contributed by atoms with Crippen molar-refractivity contribution in [2.24, 2.45) is 4.99 Å². The normalized spacial score (nSPS) is 25.5. The molecule has 3 heterocycles. The minimum absolute atomic E-state index is 0.208. The topological polar surface area (TPSA) is 124 Å². The van der Waals surface area contributed by atoms with Gasteiger partial charge in [-0.05, 0) is 11.8 Å². The zero-order chi connectivity index (χ0) is 15.3. The van der Waals surface area contributed by atoms with Gasteiger partial charge < -0.3 is 15.5 Å². The minimum atomic E-state index is -0.638. The van der Waals surface area contributed by atoms with Crippen molar-refractivity contribution >= 4 is 34.8 Å². The van der Waals surface area contributed by atoms with Gasteiger partial charge >= 0.3 is 6.03 Å². The fourth-order valence-corrected chi connectivity index (χ4v) is 3.20. The summed E-state index contributed by atoms with van der Waals surface area (Å²) in [5, 5.41) is 7.42. The molecular formula is C10H14N8O2S. The van der Waals surface area contributed by atoms with Crippen LogP contribution in [-0.2, 0) is 4.79 Å². The zero-order valence-corrected chi connectivity index (χ0v) is 12.5. The third kappa shape index (κ3) is 2.00. The molecule has 3 N–H and O–H groups in total. The summed E-state index contributed by atoms with van der Waals surface area (Å²) in [7, 11) is 4.87.